The number of hydrogen-bond acceptors (Lipinski definition) is 6. The molecule has 8 heteroatoms. The van der Waals surface area contributed by atoms with Gasteiger partial charge in [0.05, 0.1) is 6.61 Å². The fraction of sp³-hybridized carbons (Fsp3) is 0.333. The van der Waals surface area contributed by atoms with Crippen LogP contribution < -0.4 is 11.5 Å². The van der Waals surface area contributed by atoms with Crippen LogP contribution in [0.2, 0.25) is 0 Å². The summed E-state index contributed by atoms with van der Waals surface area (Å²) in [5, 5.41) is 33.4. The van der Waals surface area contributed by atoms with Gasteiger partial charge >= 0.3 is 11.9 Å². The second kappa shape index (κ2) is 8.86. The number of carboxylic acid groups (broad SMARTS) is 2. The zero-order chi connectivity index (χ0) is 15.7. The van der Waals surface area contributed by atoms with Crippen LogP contribution in [0.25, 0.3) is 0 Å². The predicted octanol–water partition coefficient (Wildman–Crippen LogP) is -1.26. The Balaban J connectivity index is 0.000000441. The number of hydrogen-bond donors (Lipinski definition) is 6. The Labute approximate surface area is 115 Å². The van der Waals surface area contributed by atoms with E-state index in [1.807, 2.05) is 0 Å². The molecule has 0 aromatic heterocycles. The highest BCUT2D eigenvalue weighted by Gasteiger charge is 2.11. The molecule has 2 atom stereocenters. The number of aromatic hydroxyl groups is 1. The number of aliphatic carboxylic acids is 2. The lowest BCUT2D eigenvalue weighted by Crippen LogP contribution is -2.33. The molecule has 0 bridgehead atoms. The number of carboxylic acids is 2. The lowest BCUT2D eigenvalue weighted by atomic mass is 10.1. The first-order chi connectivity index (χ1) is 9.27. The Kier molecular flexibility index (Phi) is 7.90. The minimum absolute atomic E-state index is 0.160. The number of phenols is 1. The van der Waals surface area contributed by atoms with E-state index in [0.717, 1.165) is 5.56 Å². The standard InChI is InChI=1S/C9H11NO3.C3H7NO3/c10-8(9(12)13)5-6-1-3-7(11)4-2-6;4-2(1-5)3(6)7/h1-4,8,11H,5,10H2,(H,12,13);2,5H,1,4H2,(H,6,7)/t8-;/m1./s1. The van der Waals surface area contributed by atoms with Crippen LogP contribution >= 0.6 is 0 Å². The van der Waals surface area contributed by atoms with Gasteiger partial charge in [0.15, 0.2) is 0 Å². The number of carbonyl (C=O) groups is 2. The minimum atomic E-state index is -1.18. The van der Waals surface area contributed by atoms with Crippen molar-refractivity contribution in [2.45, 2.75) is 18.5 Å². The number of aliphatic hydroxyl groups is 1. The van der Waals surface area contributed by atoms with Gasteiger partial charge in [0.2, 0.25) is 0 Å². The zero-order valence-electron chi connectivity index (χ0n) is 10.6. The van der Waals surface area contributed by atoms with Crippen LogP contribution in [-0.4, -0.2) is 51.1 Å². The van der Waals surface area contributed by atoms with E-state index in [2.05, 4.69) is 0 Å². The molecule has 0 heterocycles. The fourth-order valence-electron chi connectivity index (χ4n) is 1.05. The molecule has 1 unspecified atom stereocenters. The molecule has 0 fully saturated rings. The van der Waals surface area contributed by atoms with E-state index in [1.54, 1.807) is 12.1 Å². The van der Waals surface area contributed by atoms with E-state index in [-0.39, 0.29) is 12.2 Å². The Morgan fingerprint density at radius 1 is 1.00 bits per heavy atom. The van der Waals surface area contributed by atoms with E-state index in [9.17, 15) is 9.59 Å². The molecule has 0 aliphatic rings. The van der Waals surface area contributed by atoms with Crippen molar-refractivity contribution in [3.05, 3.63) is 29.8 Å². The monoisotopic (exact) mass is 286 g/mol. The SMILES string of the molecule is NC(CO)C(=O)O.N[C@H](Cc1ccc(O)cc1)C(=O)O. The normalized spacial score (nSPS) is 12.8. The number of aliphatic hydroxyl groups excluding tert-OH is 1. The van der Waals surface area contributed by atoms with Gasteiger partial charge in [-0.3, -0.25) is 9.59 Å². The second-order valence-corrected chi connectivity index (χ2v) is 3.94. The van der Waals surface area contributed by atoms with E-state index in [1.165, 1.54) is 12.1 Å². The molecule has 1 rings (SSSR count). The van der Waals surface area contributed by atoms with Crippen LogP contribution in [0.3, 0.4) is 0 Å². The molecular formula is C12H18N2O6. The van der Waals surface area contributed by atoms with Crippen molar-refractivity contribution >= 4 is 11.9 Å². The number of phenolic OH excluding ortho intramolecular Hbond substituents is 1. The van der Waals surface area contributed by atoms with Gasteiger partial charge in [-0.2, -0.15) is 0 Å². The highest BCUT2D eigenvalue weighted by Crippen LogP contribution is 2.10. The molecule has 0 aliphatic heterocycles. The fourth-order valence-corrected chi connectivity index (χ4v) is 1.05. The van der Waals surface area contributed by atoms with Crippen molar-refractivity contribution in [3.8, 4) is 5.75 Å². The van der Waals surface area contributed by atoms with Crippen LogP contribution in [0.4, 0.5) is 0 Å². The second-order valence-electron chi connectivity index (χ2n) is 3.94. The third-order valence-electron chi connectivity index (χ3n) is 2.22. The van der Waals surface area contributed by atoms with Gasteiger partial charge in [-0.15, -0.1) is 0 Å². The van der Waals surface area contributed by atoms with Crippen molar-refractivity contribution in [1.29, 1.82) is 0 Å². The first-order valence-electron chi connectivity index (χ1n) is 5.63. The van der Waals surface area contributed by atoms with Gasteiger partial charge in [-0.05, 0) is 24.1 Å². The quantitative estimate of drug-likeness (QED) is 0.390. The van der Waals surface area contributed by atoms with E-state index in [4.69, 9.17) is 31.9 Å². The van der Waals surface area contributed by atoms with Crippen molar-refractivity contribution in [2.75, 3.05) is 6.61 Å². The van der Waals surface area contributed by atoms with Crippen molar-refractivity contribution in [3.63, 3.8) is 0 Å². The highest BCUT2D eigenvalue weighted by atomic mass is 16.4. The van der Waals surface area contributed by atoms with E-state index in [0.29, 0.717) is 0 Å². The smallest absolute Gasteiger partial charge is 0.322 e. The van der Waals surface area contributed by atoms with Gasteiger partial charge < -0.3 is 31.9 Å². The van der Waals surface area contributed by atoms with Crippen molar-refractivity contribution < 1.29 is 30.0 Å². The summed E-state index contributed by atoms with van der Waals surface area (Å²) in [6.45, 7) is -0.505. The van der Waals surface area contributed by atoms with Gasteiger partial charge in [-0.25, -0.2) is 0 Å². The van der Waals surface area contributed by atoms with Gasteiger partial charge in [-0.1, -0.05) is 12.1 Å². The van der Waals surface area contributed by atoms with Gasteiger partial charge in [0.1, 0.15) is 17.8 Å². The highest BCUT2D eigenvalue weighted by molar-refractivity contribution is 5.73. The summed E-state index contributed by atoms with van der Waals surface area (Å²) in [4.78, 5) is 20.0. The number of benzene rings is 1. The molecule has 0 radical (unpaired) electrons. The van der Waals surface area contributed by atoms with Crippen LogP contribution in [0, 0.1) is 0 Å². The Morgan fingerprint density at radius 3 is 1.75 bits per heavy atom. The van der Waals surface area contributed by atoms with E-state index >= 15 is 0 Å². The molecule has 0 aliphatic carbocycles. The predicted molar refractivity (Wildman–Crippen MR) is 70.1 cm³/mol. The van der Waals surface area contributed by atoms with Gasteiger partial charge in [0, 0.05) is 0 Å². The Hall–Kier alpha value is -2.16. The molecule has 0 saturated heterocycles. The maximum Gasteiger partial charge on any atom is 0.322 e. The molecule has 112 valence electrons. The van der Waals surface area contributed by atoms with Crippen LogP contribution in [0.1, 0.15) is 5.56 Å². The maximum absolute atomic E-state index is 10.4. The molecule has 8 nitrogen and oxygen atoms in total. The lowest BCUT2D eigenvalue weighted by Gasteiger charge is -2.05. The molecule has 1 aromatic rings. The summed E-state index contributed by atoms with van der Waals surface area (Å²) >= 11 is 0. The maximum atomic E-state index is 10.4. The van der Waals surface area contributed by atoms with E-state index < -0.39 is 30.6 Å². The Morgan fingerprint density at radius 2 is 1.45 bits per heavy atom. The molecular weight excluding hydrogens is 268 g/mol. The molecule has 0 spiro atoms. The summed E-state index contributed by atoms with van der Waals surface area (Å²) in [7, 11) is 0. The summed E-state index contributed by atoms with van der Waals surface area (Å²) in [6.07, 6.45) is 0.273. The average molecular weight is 286 g/mol. The topological polar surface area (TPSA) is 167 Å². The molecule has 20 heavy (non-hydrogen) atoms. The molecule has 0 saturated carbocycles. The van der Waals surface area contributed by atoms with Crippen LogP contribution in [0.15, 0.2) is 24.3 Å². The largest absolute Gasteiger partial charge is 0.508 e. The summed E-state index contributed by atoms with van der Waals surface area (Å²) in [6, 6.07) is 4.30. The third-order valence-corrected chi connectivity index (χ3v) is 2.22. The molecule has 8 N–H and O–H groups in total. The number of nitrogens with two attached hydrogens (primary N) is 2. The summed E-state index contributed by atoms with van der Waals surface area (Å²) < 4.78 is 0. The van der Waals surface area contributed by atoms with Crippen LogP contribution in [0.5, 0.6) is 5.75 Å². The first kappa shape index (κ1) is 17.8. The minimum Gasteiger partial charge on any atom is -0.508 e. The molecule has 1 aromatic carbocycles. The molecule has 0 amide bonds. The average Bonchev–Trinajstić information content (AvgIpc) is 2.40. The number of rotatable bonds is 5. The summed E-state index contributed by atoms with van der Waals surface area (Å²) in [5.41, 5.74) is 10.9. The first-order valence-corrected chi connectivity index (χ1v) is 5.63. The van der Waals surface area contributed by atoms with Crippen molar-refractivity contribution in [1.82, 2.24) is 0 Å². The zero-order valence-corrected chi connectivity index (χ0v) is 10.6. The van der Waals surface area contributed by atoms with Crippen molar-refractivity contribution in [2.24, 2.45) is 11.5 Å². The van der Waals surface area contributed by atoms with Crippen LogP contribution in [-0.2, 0) is 16.0 Å². The summed E-state index contributed by atoms with van der Waals surface area (Å²) in [5.74, 6) is -2.04. The third kappa shape index (κ3) is 7.31. The van der Waals surface area contributed by atoms with Gasteiger partial charge in [0.25, 0.3) is 0 Å². The Bertz CT molecular complexity index is 434. The lowest BCUT2D eigenvalue weighted by molar-refractivity contribution is -0.140.